The number of hydrogen-bond acceptors (Lipinski definition) is 6. The quantitative estimate of drug-likeness (QED) is 0.627. The van der Waals surface area contributed by atoms with Gasteiger partial charge in [0.25, 0.3) is 0 Å². The monoisotopic (exact) mass is 294 g/mol. The van der Waals surface area contributed by atoms with E-state index in [-0.39, 0.29) is 0 Å². The van der Waals surface area contributed by atoms with E-state index in [2.05, 4.69) is 4.90 Å². The average molecular weight is 294 g/mol. The zero-order valence-electron chi connectivity index (χ0n) is 12.3. The smallest absolute Gasteiger partial charge is 0.344 e. The Hall–Kier alpha value is -1.79. The van der Waals surface area contributed by atoms with Gasteiger partial charge in [0.2, 0.25) is 0 Å². The molecule has 2 N–H and O–H groups in total. The summed E-state index contributed by atoms with van der Waals surface area (Å²) in [5, 5.41) is 0. The minimum absolute atomic E-state index is 0.307. The van der Waals surface area contributed by atoms with E-state index < -0.39 is 5.97 Å². The van der Waals surface area contributed by atoms with Crippen molar-refractivity contribution in [3.8, 4) is 5.75 Å². The Morgan fingerprint density at radius 3 is 2.86 bits per heavy atom. The van der Waals surface area contributed by atoms with E-state index in [0.717, 1.165) is 26.3 Å². The van der Waals surface area contributed by atoms with Gasteiger partial charge in [0.05, 0.1) is 19.8 Å². The van der Waals surface area contributed by atoms with Gasteiger partial charge in [0, 0.05) is 25.3 Å². The molecule has 0 aliphatic carbocycles. The maximum Gasteiger partial charge on any atom is 0.344 e. The fraction of sp³-hybridized carbons (Fsp3) is 0.533. The number of nitrogens with two attached hydrogens (primary N) is 1. The summed E-state index contributed by atoms with van der Waals surface area (Å²) in [4.78, 5) is 14.4. The molecule has 0 amide bonds. The molecule has 1 aromatic carbocycles. The summed E-state index contributed by atoms with van der Waals surface area (Å²) in [7, 11) is 0. The molecule has 21 heavy (non-hydrogen) atoms. The number of nitrogens with zero attached hydrogens (tertiary/aromatic N) is 1. The SMILES string of the molecule is CCOc1cccc(N)c1C(=O)OCCN1CCOCC1. The zero-order valence-corrected chi connectivity index (χ0v) is 12.3. The molecule has 116 valence electrons. The Kier molecular flexibility index (Phi) is 5.83. The lowest BCUT2D eigenvalue weighted by Gasteiger charge is -2.26. The fourth-order valence-corrected chi connectivity index (χ4v) is 2.21. The summed E-state index contributed by atoms with van der Waals surface area (Å²) in [5.41, 5.74) is 6.54. The molecular formula is C15H22N2O4. The second-order valence-electron chi connectivity index (χ2n) is 4.74. The van der Waals surface area contributed by atoms with E-state index in [1.54, 1.807) is 18.2 Å². The lowest BCUT2D eigenvalue weighted by atomic mass is 10.1. The Morgan fingerprint density at radius 2 is 2.14 bits per heavy atom. The summed E-state index contributed by atoms with van der Waals surface area (Å²) in [6.07, 6.45) is 0. The van der Waals surface area contributed by atoms with Crippen molar-refractivity contribution < 1.29 is 19.0 Å². The van der Waals surface area contributed by atoms with Crippen molar-refractivity contribution in [1.29, 1.82) is 0 Å². The standard InChI is InChI=1S/C15H22N2O4/c1-2-20-13-5-3-4-12(16)14(13)15(18)21-11-8-17-6-9-19-10-7-17/h3-5H,2,6-11,16H2,1H3. The van der Waals surface area contributed by atoms with Gasteiger partial charge in [-0.2, -0.15) is 0 Å². The first kappa shape index (κ1) is 15.6. The molecule has 1 aliphatic heterocycles. The number of esters is 1. The number of hydrogen-bond donors (Lipinski definition) is 1. The molecule has 0 atom stereocenters. The van der Waals surface area contributed by atoms with Gasteiger partial charge in [-0.05, 0) is 19.1 Å². The van der Waals surface area contributed by atoms with Crippen LogP contribution in [-0.4, -0.2) is 56.9 Å². The number of nitrogen functional groups attached to an aromatic ring is 1. The van der Waals surface area contributed by atoms with Crippen LogP contribution < -0.4 is 10.5 Å². The van der Waals surface area contributed by atoms with E-state index in [1.807, 2.05) is 6.92 Å². The van der Waals surface area contributed by atoms with Crippen LogP contribution in [0.15, 0.2) is 18.2 Å². The highest BCUT2D eigenvalue weighted by molar-refractivity contribution is 5.98. The molecule has 0 aromatic heterocycles. The van der Waals surface area contributed by atoms with Gasteiger partial charge >= 0.3 is 5.97 Å². The average Bonchev–Trinajstić information content (AvgIpc) is 2.48. The summed E-state index contributed by atoms with van der Waals surface area (Å²) in [5.74, 6) is 0.0266. The lowest BCUT2D eigenvalue weighted by Crippen LogP contribution is -2.38. The van der Waals surface area contributed by atoms with Gasteiger partial charge < -0.3 is 19.9 Å². The molecular weight excluding hydrogens is 272 g/mol. The second-order valence-corrected chi connectivity index (χ2v) is 4.74. The molecule has 6 nitrogen and oxygen atoms in total. The molecule has 0 spiro atoms. The highest BCUT2D eigenvalue weighted by Gasteiger charge is 2.18. The van der Waals surface area contributed by atoms with Crippen LogP contribution in [-0.2, 0) is 9.47 Å². The van der Waals surface area contributed by atoms with E-state index in [9.17, 15) is 4.79 Å². The van der Waals surface area contributed by atoms with Crippen molar-refractivity contribution in [2.75, 3.05) is 51.8 Å². The van der Waals surface area contributed by atoms with Gasteiger partial charge in [-0.3, -0.25) is 4.90 Å². The molecule has 0 bridgehead atoms. The van der Waals surface area contributed by atoms with Crippen LogP contribution in [0.1, 0.15) is 17.3 Å². The van der Waals surface area contributed by atoms with Crippen molar-refractivity contribution in [3.05, 3.63) is 23.8 Å². The Bertz CT molecular complexity index is 473. The van der Waals surface area contributed by atoms with Crippen LogP contribution in [0.5, 0.6) is 5.75 Å². The minimum atomic E-state index is -0.440. The highest BCUT2D eigenvalue weighted by atomic mass is 16.5. The Morgan fingerprint density at radius 1 is 1.38 bits per heavy atom. The van der Waals surface area contributed by atoms with Crippen molar-refractivity contribution >= 4 is 11.7 Å². The van der Waals surface area contributed by atoms with Gasteiger partial charge in [-0.1, -0.05) is 6.07 Å². The number of anilines is 1. The number of carbonyl (C=O) groups is 1. The third kappa shape index (κ3) is 4.34. The fourth-order valence-electron chi connectivity index (χ4n) is 2.21. The molecule has 1 fully saturated rings. The first-order valence-electron chi connectivity index (χ1n) is 7.21. The zero-order chi connectivity index (χ0) is 15.1. The third-order valence-corrected chi connectivity index (χ3v) is 3.31. The van der Waals surface area contributed by atoms with Crippen LogP contribution in [0.25, 0.3) is 0 Å². The van der Waals surface area contributed by atoms with Crippen LogP contribution in [0, 0.1) is 0 Å². The molecule has 0 unspecified atom stereocenters. The van der Waals surface area contributed by atoms with Crippen molar-refractivity contribution in [2.24, 2.45) is 0 Å². The molecule has 1 heterocycles. The highest BCUT2D eigenvalue weighted by Crippen LogP contribution is 2.25. The number of rotatable bonds is 6. The molecule has 1 saturated heterocycles. The predicted molar refractivity (Wildman–Crippen MR) is 79.6 cm³/mol. The van der Waals surface area contributed by atoms with Crippen molar-refractivity contribution in [2.45, 2.75) is 6.92 Å². The molecule has 0 saturated carbocycles. The third-order valence-electron chi connectivity index (χ3n) is 3.31. The summed E-state index contributed by atoms with van der Waals surface area (Å²) >= 11 is 0. The van der Waals surface area contributed by atoms with Crippen LogP contribution in [0.3, 0.4) is 0 Å². The number of carbonyl (C=O) groups excluding carboxylic acids is 1. The molecule has 2 rings (SSSR count). The van der Waals surface area contributed by atoms with Crippen molar-refractivity contribution in [1.82, 2.24) is 4.90 Å². The van der Waals surface area contributed by atoms with Crippen LogP contribution in [0.4, 0.5) is 5.69 Å². The van der Waals surface area contributed by atoms with E-state index in [0.29, 0.717) is 36.8 Å². The molecule has 0 radical (unpaired) electrons. The Labute approximate surface area is 124 Å². The topological polar surface area (TPSA) is 74.0 Å². The maximum absolute atomic E-state index is 12.2. The van der Waals surface area contributed by atoms with Gasteiger partial charge in [-0.15, -0.1) is 0 Å². The predicted octanol–water partition coefficient (Wildman–Crippen LogP) is 1.16. The van der Waals surface area contributed by atoms with Gasteiger partial charge in [0.15, 0.2) is 0 Å². The number of benzene rings is 1. The number of morpholine rings is 1. The minimum Gasteiger partial charge on any atom is -0.493 e. The van der Waals surface area contributed by atoms with E-state index >= 15 is 0 Å². The Balaban J connectivity index is 1.90. The van der Waals surface area contributed by atoms with Gasteiger partial charge in [-0.25, -0.2) is 4.79 Å². The van der Waals surface area contributed by atoms with E-state index in [1.165, 1.54) is 0 Å². The first-order chi connectivity index (χ1) is 10.2. The molecule has 1 aromatic rings. The summed E-state index contributed by atoms with van der Waals surface area (Å²) < 4.78 is 16.0. The number of ether oxygens (including phenoxy) is 3. The summed E-state index contributed by atoms with van der Waals surface area (Å²) in [6.45, 7) is 6.56. The lowest BCUT2D eigenvalue weighted by molar-refractivity contribution is 0.0194. The normalized spacial score (nSPS) is 15.7. The van der Waals surface area contributed by atoms with E-state index in [4.69, 9.17) is 19.9 Å². The first-order valence-corrected chi connectivity index (χ1v) is 7.21. The maximum atomic E-state index is 12.2. The molecule has 1 aliphatic rings. The van der Waals surface area contributed by atoms with Crippen LogP contribution in [0.2, 0.25) is 0 Å². The largest absolute Gasteiger partial charge is 0.493 e. The summed E-state index contributed by atoms with van der Waals surface area (Å²) in [6, 6.07) is 5.14. The van der Waals surface area contributed by atoms with Crippen molar-refractivity contribution in [3.63, 3.8) is 0 Å². The second kappa shape index (κ2) is 7.85. The van der Waals surface area contributed by atoms with Gasteiger partial charge in [0.1, 0.15) is 17.9 Å². The van der Waals surface area contributed by atoms with Crippen LogP contribution >= 0.6 is 0 Å². The molecule has 6 heteroatoms.